The van der Waals surface area contributed by atoms with Crippen molar-refractivity contribution in [1.29, 1.82) is 0 Å². The summed E-state index contributed by atoms with van der Waals surface area (Å²) in [6.07, 6.45) is 6.38. The number of hydrogen-bond donors (Lipinski definition) is 0. The van der Waals surface area contributed by atoms with Crippen LogP contribution >= 0.6 is 0 Å². The lowest BCUT2D eigenvalue weighted by molar-refractivity contribution is 0.497. The van der Waals surface area contributed by atoms with Crippen molar-refractivity contribution in [3.63, 3.8) is 0 Å². The molecule has 4 heteroatoms. The van der Waals surface area contributed by atoms with Crippen molar-refractivity contribution in [3.8, 4) is 17.1 Å². The van der Waals surface area contributed by atoms with Gasteiger partial charge in [-0.05, 0) is 87.8 Å². The fourth-order valence-electron chi connectivity index (χ4n) is 12.1. The molecule has 0 N–H and O–H groups in total. The minimum atomic E-state index is -2.71. The zero-order chi connectivity index (χ0) is 42.2. The Labute approximate surface area is 374 Å². The molecule has 3 nitrogen and oxygen atoms in total. The van der Waals surface area contributed by atoms with Crippen molar-refractivity contribution < 1.29 is 0 Å². The van der Waals surface area contributed by atoms with E-state index in [4.69, 9.17) is 0 Å². The molecule has 13 rings (SSSR count). The third-order valence-electron chi connectivity index (χ3n) is 14.6. The Kier molecular flexibility index (Phi) is 8.63. The van der Waals surface area contributed by atoms with Gasteiger partial charge in [0, 0.05) is 49.4 Å². The molecule has 306 valence electrons. The van der Waals surface area contributed by atoms with E-state index in [-0.39, 0.29) is 0 Å². The predicted molar refractivity (Wildman–Crippen MR) is 274 cm³/mol. The molecule has 0 saturated heterocycles. The lowest BCUT2D eigenvalue weighted by Crippen LogP contribution is -2.70. The monoisotopic (exact) mass is 837 g/mol. The molecule has 0 spiro atoms. The molecular formula is C60H47N3Si. The highest BCUT2D eigenvalue weighted by atomic mass is 28.3. The zero-order valence-electron chi connectivity index (χ0n) is 35.7. The van der Waals surface area contributed by atoms with Crippen LogP contribution < -0.4 is 15.6 Å². The molecule has 1 aliphatic rings. The van der Waals surface area contributed by atoms with Crippen molar-refractivity contribution in [1.82, 2.24) is 13.7 Å². The maximum absolute atomic E-state index is 2.71. The molecular weight excluding hydrogens is 791 g/mol. The summed E-state index contributed by atoms with van der Waals surface area (Å²) in [7, 11) is -2.71. The van der Waals surface area contributed by atoms with Crippen LogP contribution in [-0.2, 0) is 0 Å². The molecule has 1 fully saturated rings. The minimum absolute atomic E-state index is 0.563. The van der Waals surface area contributed by atoms with Crippen molar-refractivity contribution >= 4 is 89.1 Å². The molecule has 3 aromatic heterocycles. The first-order chi connectivity index (χ1) is 31.8. The number of hydrogen-bond acceptors (Lipinski definition) is 0. The van der Waals surface area contributed by atoms with E-state index in [1.807, 2.05) is 0 Å². The third kappa shape index (κ3) is 5.45. The molecule has 0 unspecified atom stereocenters. The van der Waals surface area contributed by atoms with E-state index in [9.17, 15) is 0 Å². The van der Waals surface area contributed by atoms with Crippen molar-refractivity contribution in [2.24, 2.45) is 0 Å². The highest BCUT2D eigenvalue weighted by Crippen LogP contribution is 2.42. The Hall–Kier alpha value is -7.40. The van der Waals surface area contributed by atoms with Gasteiger partial charge in [-0.1, -0.05) is 184 Å². The number of nitrogens with zero attached hydrogens (tertiary/aromatic N) is 3. The van der Waals surface area contributed by atoms with E-state index in [0.717, 1.165) is 0 Å². The van der Waals surface area contributed by atoms with Crippen LogP contribution in [0.2, 0.25) is 5.54 Å². The van der Waals surface area contributed by atoms with Gasteiger partial charge in [0.05, 0.1) is 33.1 Å². The van der Waals surface area contributed by atoms with E-state index in [2.05, 4.69) is 232 Å². The summed E-state index contributed by atoms with van der Waals surface area (Å²) in [5.41, 5.74) is 11.4. The highest BCUT2D eigenvalue weighted by molar-refractivity contribution is 7.13. The average Bonchev–Trinajstić information content (AvgIpc) is 4.01. The lowest BCUT2D eigenvalue weighted by atomic mass is 10.0. The molecule has 1 saturated carbocycles. The number of aromatic nitrogens is 3. The summed E-state index contributed by atoms with van der Waals surface area (Å²) < 4.78 is 7.51. The molecule has 0 radical (unpaired) electrons. The van der Waals surface area contributed by atoms with Crippen LogP contribution in [0.25, 0.3) is 82.5 Å². The van der Waals surface area contributed by atoms with Crippen LogP contribution in [0, 0.1) is 0 Å². The molecule has 12 aromatic rings. The van der Waals surface area contributed by atoms with Crippen molar-refractivity contribution in [2.45, 2.75) is 37.6 Å². The molecule has 0 amide bonds. The summed E-state index contributed by atoms with van der Waals surface area (Å²) in [5, 5.41) is 12.3. The first kappa shape index (κ1) is 37.2. The zero-order valence-corrected chi connectivity index (χ0v) is 36.7. The van der Waals surface area contributed by atoms with Crippen molar-refractivity contribution in [3.05, 3.63) is 218 Å². The number of para-hydroxylation sites is 4. The quantitative estimate of drug-likeness (QED) is 0.112. The Balaban J connectivity index is 1.17. The van der Waals surface area contributed by atoms with Gasteiger partial charge in [0.25, 0.3) is 0 Å². The van der Waals surface area contributed by atoms with Gasteiger partial charge in [0.2, 0.25) is 0 Å². The summed E-state index contributed by atoms with van der Waals surface area (Å²) in [5.74, 6) is 0. The second-order valence-corrected chi connectivity index (χ2v) is 22.0. The summed E-state index contributed by atoms with van der Waals surface area (Å²) in [6.45, 7) is 0. The van der Waals surface area contributed by atoms with Gasteiger partial charge < -0.3 is 13.7 Å². The van der Waals surface area contributed by atoms with Crippen LogP contribution in [0.5, 0.6) is 0 Å². The van der Waals surface area contributed by atoms with Crippen LogP contribution in [0.15, 0.2) is 218 Å². The molecule has 64 heavy (non-hydrogen) atoms. The molecule has 3 heterocycles. The van der Waals surface area contributed by atoms with E-state index >= 15 is 0 Å². The maximum atomic E-state index is 2.58. The molecule has 0 aliphatic heterocycles. The topological polar surface area (TPSA) is 14.8 Å². The van der Waals surface area contributed by atoms with Crippen LogP contribution in [0.4, 0.5) is 0 Å². The Bertz CT molecular complexity index is 3610. The minimum Gasteiger partial charge on any atom is -0.309 e. The third-order valence-corrected chi connectivity index (χ3v) is 20.2. The average molecular weight is 838 g/mol. The number of rotatable bonds is 7. The Morgan fingerprint density at radius 1 is 0.312 bits per heavy atom. The van der Waals surface area contributed by atoms with Crippen LogP contribution in [0.1, 0.15) is 32.1 Å². The van der Waals surface area contributed by atoms with E-state index < -0.39 is 8.07 Å². The van der Waals surface area contributed by atoms with Crippen molar-refractivity contribution in [2.75, 3.05) is 0 Å². The summed E-state index contributed by atoms with van der Waals surface area (Å²) >= 11 is 0. The maximum Gasteiger partial charge on any atom is 0.152 e. The summed E-state index contributed by atoms with van der Waals surface area (Å²) in [6, 6.07) is 82.6. The van der Waals surface area contributed by atoms with Gasteiger partial charge in [-0.15, -0.1) is 0 Å². The normalized spacial score (nSPS) is 13.9. The largest absolute Gasteiger partial charge is 0.309 e. The summed E-state index contributed by atoms with van der Waals surface area (Å²) in [4.78, 5) is 0. The van der Waals surface area contributed by atoms with E-state index in [0.29, 0.717) is 5.54 Å². The predicted octanol–water partition coefficient (Wildman–Crippen LogP) is 13.8. The van der Waals surface area contributed by atoms with E-state index in [1.165, 1.54) is 130 Å². The van der Waals surface area contributed by atoms with Gasteiger partial charge in [-0.2, -0.15) is 0 Å². The smallest absolute Gasteiger partial charge is 0.152 e. The fraction of sp³-hybridized carbons (Fsp3) is 0.100. The second-order valence-electron chi connectivity index (χ2n) is 17.9. The van der Waals surface area contributed by atoms with E-state index in [1.54, 1.807) is 0 Å². The highest BCUT2D eigenvalue weighted by Gasteiger charge is 2.47. The van der Waals surface area contributed by atoms with Gasteiger partial charge in [0.1, 0.15) is 0 Å². The standard InChI is InChI=1S/C60H47N3Si/c1-5-20-42(21-6-1)61-53-31-16-15-30-50(53)51-38-36-44(41-58(51)61)63-56-39-37-43(62-54-32-17-13-28-48(54)49-29-14-18-33-55(49)62)40-52(56)60-57(63)34-19-35-59(60)64(45-22-7-2-8-23-45,46-24-9-3-10-25-46)47-26-11-4-12-27-47/h1-3,5-10,13-25,28-41,47H,4,11-12,26-27H2. The molecule has 0 bridgehead atoms. The second kappa shape index (κ2) is 14.9. The lowest BCUT2D eigenvalue weighted by Gasteiger charge is -2.43. The molecule has 9 aromatic carbocycles. The van der Waals surface area contributed by atoms with Crippen LogP contribution in [-0.4, -0.2) is 21.8 Å². The van der Waals surface area contributed by atoms with Gasteiger partial charge in [-0.3, -0.25) is 0 Å². The molecule has 1 aliphatic carbocycles. The Morgan fingerprint density at radius 2 is 0.766 bits per heavy atom. The molecule has 0 atom stereocenters. The first-order valence-electron chi connectivity index (χ1n) is 23.1. The first-order valence-corrected chi connectivity index (χ1v) is 25.1. The SMILES string of the molecule is c1ccc(-n2c3ccccc3c3ccc(-n4c5ccc(-n6c7ccccc7c7ccccc76)cc5c5c([Si](c6ccccc6)(c6ccccc6)C6CCCCC6)cccc54)cc32)cc1. The van der Waals surface area contributed by atoms with Crippen LogP contribution in [0.3, 0.4) is 0 Å². The number of fused-ring (bicyclic) bond motifs is 9. The van der Waals surface area contributed by atoms with Gasteiger partial charge in [0.15, 0.2) is 8.07 Å². The Morgan fingerprint density at radius 3 is 1.38 bits per heavy atom. The van der Waals surface area contributed by atoms with Gasteiger partial charge >= 0.3 is 0 Å². The van der Waals surface area contributed by atoms with Gasteiger partial charge in [-0.25, -0.2) is 0 Å². The number of benzene rings is 9. The fourth-order valence-corrected chi connectivity index (χ4v) is 18.1.